The highest BCUT2D eigenvalue weighted by atomic mass is 32.3. The molecule has 4 nitrogen and oxygen atoms in total. The molecule has 0 aromatic heterocycles. The Bertz CT molecular complexity index is 988. The molecule has 1 atom stereocenters. The number of thiocarbonyl (C=S) groups is 1. The molecular formula is C24H33N3OS2. The fraction of sp³-hybridized carbons (Fsp3) is 0.417. The van der Waals surface area contributed by atoms with E-state index in [1.54, 1.807) is 7.05 Å². The van der Waals surface area contributed by atoms with Crippen LogP contribution in [-0.2, 0) is 20.5 Å². The second kappa shape index (κ2) is 8.69. The molecule has 1 aliphatic heterocycles. The third-order valence-electron chi connectivity index (χ3n) is 5.92. The van der Waals surface area contributed by atoms with Gasteiger partial charge in [0.1, 0.15) is 10.5 Å². The molecule has 0 fully saturated rings. The van der Waals surface area contributed by atoms with Crippen molar-refractivity contribution in [3.05, 3.63) is 71.8 Å². The van der Waals surface area contributed by atoms with E-state index in [0.29, 0.717) is 27.6 Å². The lowest BCUT2D eigenvalue weighted by molar-refractivity contribution is 0.571. The zero-order chi connectivity index (χ0) is 21.9. The minimum absolute atomic E-state index is 0.395. The van der Waals surface area contributed by atoms with Gasteiger partial charge < -0.3 is 5.32 Å². The first-order valence-electron chi connectivity index (χ1n) is 10.5. The largest absolute Gasteiger partial charge is 0.325 e. The van der Waals surface area contributed by atoms with Crippen LogP contribution in [0.3, 0.4) is 0 Å². The number of benzene rings is 2. The van der Waals surface area contributed by atoms with Gasteiger partial charge >= 0.3 is 0 Å². The Hall–Kier alpha value is -1.89. The van der Waals surface area contributed by atoms with Gasteiger partial charge in [-0.05, 0) is 37.4 Å². The molecule has 2 aromatic carbocycles. The van der Waals surface area contributed by atoms with Gasteiger partial charge in [0, 0.05) is 20.8 Å². The molecule has 0 radical (unpaired) electrons. The van der Waals surface area contributed by atoms with Crippen molar-refractivity contribution < 1.29 is 4.21 Å². The van der Waals surface area contributed by atoms with Crippen LogP contribution in [-0.4, -0.2) is 27.2 Å². The Morgan fingerprint density at radius 2 is 1.70 bits per heavy atom. The number of nitrogens with one attached hydrogen (secondary N) is 2. The summed E-state index contributed by atoms with van der Waals surface area (Å²) >= 11 is 5.72. The molecule has 3 rings (SSSR count). The van der Waals surface area contributed by atoms with Gasteiger partial charge in [-0.2, -0.15) is 0 Å². The van der Waals surface area contributed by atoms with E-state index >= 15 is 4.21 Å². The van der Waals surface area contributed by atoms with E-state index in [1.807, 2.05) is 67.6 Å². The normalized spacial score (nSPS) is 20.5. The van der Waals surface area contributed by atoms with Crippen molar-refractivity contribution >= 4 is 31.6 Å². The first-order chi connectivity index (χ1) is 14.2. The Labute approximate surface area is 186 Å². The maximum absolute atomic E-state index is 15.0. The van der Waals surface area contributed by atoms with E-state index in [9.17, 15) is 0 Å². The fourth-order valence-corrected chi connectivity index (χ4v) is 7.66. The average molecular weight is 444 g/mol. The van der Waals surface area contributed by atoms with Crippen LogP contribution in [0, 0.1) is 5.92 Å². The molecule has 1 unspecified atom stereocenters. The second-order valence-corrected chi connectivity index (χ2v) is 13.1. The third kappa shape index (κ3) is 4.41. The van der Waals surface area contributed by atoms with Crippen LogP contribution in [0.25, 0.3) is 0 Å². The van der Waals surface area contributed by atoms with E-state index in [2.05, 4.69) is 23.9 Å². The minimum atomic E-state index is -3.54. The molecule has 0 amide bonds. The van der Waals surface area contributed by atoms with Gasteiger partial charge in [-0.25, -0.2) is 4.99 Å². The molecule has 162 valence electrons. The van der Waals surface area contributed by atoms with Gasteiger partial charge in [0.15, 0.2) is 5.17 Å². The monoisotopic (exact) mass is 443 g/mol. The molecule has 0 saturated carbocycles. The van der Waals surface area contributed by atoms with Gasteiger partial charge in [0.25, 0.3) is 0 Å². The van der Waals surface area contributed by atoms with E-state index in [4.69, 9.17) is 17.2 Å². The number of hydrogen-bond acceptors (Lipinski definition) is 3. The minimum Gasteiger partial charge on any atom is -0.325 e. The summed E-state index contributed by atoms with van der Waals surface area (Å²) in [5, 5.41) is 3.79. The summed E-state index contributed by atoms with van der Waals surface area (Å²) in [5.74, 6) is 1.48. The fourth-order valence-electron chi connectivity index (χ4n) is 3.92. The summed E-state index contributed by atoms with van der Waals surface area (Å²) < 4.78 is 18.3. The zero-order valence-corrected chi connectivity index (χ0v) is 20.0. The van der Waals surface area contributed by atoms with E-state index in [1.165, 1.54) is 0 Å². The molecule has 1 heterocycles. The molecule has 0 bridgehead atoms. The Morgan fingerprint density at radius 1 is 1.10 bits per heavy atom. The van der Waals surface area contributed by atoms with Crippen molar-refractivity contribution in [2.24, 2.45) is 10.9 Å². The van der Waals surface area contributed by atoms with Crippen molar-refractivity contribution in [3.8, 4) is 0 Å². The second-order valence-electron chi connectivity index (χ2n) is 8.67. The highest BCUT2D eigenvalue weighted by molar-refractivity contribution is 8.30. The van der Waals surface area contributed by atoms with Crippen molar-refractivity contribution in [1.82, 2.24) is 10.0 Å². The number of amidine groups is 1. The topological polar surface area (TPSA) is 53.5 Å². The van der Waals surface area contributed by atoms with Crippen LogP contribution >= 0.6 is 12.2 Å². The van der Waals surface area contributed by atoms with Crippen LogP contribution in [0.2, 0.25) is 0 Å². The molecule has 6 heteroatoms. The van der Waals surface area contributed by atoms with Crippen LogP contribution in [0.1, 0.15) is 44.7 Å². The number of rotatable bonds is 8. The summed E-state index contributed by atoms with van der Waals surface area (Å²) in [6, 6.07) is 20.0. The summed E-state index contributed by atoms with van der Waals surface area (Å²) in [6.07, 6.45) is 1.87. The highest BCUT2D eigenvalue weighted by Gasteiger charge is 2.48. The van der Waals surface area contributed by atoms with E-state index < -0.39 is 14.8 Å². The summed E-state index contributed by atoms with van der Waals surface area (Å²) in [6.45, 7) is 6.39. The van der Waals surface area contributed by atoms with Crippen LogP contribution in [0.4, 0.5) is 0 Å². The SMILES string of the molecule is CNS(=O)(CCCC(C)C)(Cc1ccccc1)C1=NC(C)(c2ccccc2)C(=S)N1. The molecule has 0 saturated heterocycles. The highest BCUT2D eigenvalue weighted by Crippen LogP contribution is 2.38. The van der Waals surface area contributed by atoms with E-state index in [0.717, 1.165) is 24.0 Å². The Balaban J connectivity index is 2.08. The lowest BCUT2D eigenvalue weighted by Gasteiger charge is -2.42. The summed E-state index contributed by atoms with van der Waals surface area (Å²) in [5.41, 5.74) is 1.30. The molecule has 30 heavy (non-hydrogen) atoms. The standard InChI is InChI=1S/C24H33N3OS2/c1-19(2)12-11-17-30(28,25-4,18-20-13-7-5-8-14-20)23-26-22(29)24(3,27-23)21-15-9-6-10-16-21/h5-10,13-16,19H,11-12,17-18H2,1-4H3,(H,25,28)(H,26,27,29). The smallest absolute Gasteiger partial charge is 0.184 e. The van der Waals surface area contributed by atoms with Crippen molar-refractivity contribution in [2.75, 3.05) is 12.8 Å². The Kier molecular flexibility index (Phi) is 6.60. The average Bonchev–Trinajstić information content (AvgIpc) is 3.06. The number of hydrogen-bond donors (Lipinski definition) is 2. The lowest BCUT2D eigenvalue weighted by atomic mass is 9.93. The molecule has 2 N–H and O–H groups in total. The van der Waals surface area contributed by atoms with Crippen molar-refractivity contribution in [3.63, 3.8) is 0 Å². The maximum atomic E-state index is 15.0. The molecular weight excluding hydrogens is 410 g/mol. The van der Waals surface area contributed by atoms with Crippen molar-refractivity contribution in [2.45, 2.75) is 44.9 Å². The zero-order valence-electron chi connectivity index (χ0n) is 18.4. The van der Waals surface area contributed by atoms with Crippen LogP contribution in [0.5, 0.6) is 0 Å². The predicted octanol–water partition coefficient (Wildman–Crippen LogP) is 4.78. The van der Waals surface area contributed by atoms with Gasteiger partial charge in [-0.3, -0.25) is 8.93 Å². The summed E-state index contributed by atoms with van der Waals surface area (Å²) in [7, 11) is -1.75. The first-order valence-corrected chi connectivity index (χ1v) is 13.3. The molecule has 0 aliphatic carbocycles. The summed E-state index contributed by atoms with van der Waals surface area (Å²) in [4.78, 5) is 5.61. The molecule has 1 aliphatic rings. The molecule has 0 spiro atoms. The number of nitrogens with zero attached hydrogens (tertiary/aromatic N) is 1. The van der Waals surface area contributed by atoms with Crippen LogP contribution < -0.4 is 10.0 Å². The van der Waals surface area contributed by atoms with Gasteiger partial charge in [-0.1, -0.05) is 93.1 Å². The van der Waals surface area contributed by atoms with E-state index in [-0.39, 0.29) is 0 Å². The van der Waals surface area contributed by atoms with Crippen molar-refractivity contribution in [1.29, 1.82) is 0 Å². The first kappa shape index (κ1) is 22.8. The Morgan fingerprint density at radius 3 is 2.27 bits per heavy atom. The number of aliphatic imine (C=N–C) groups is 1. The third-order valence-corrected chi connectivity index (χ3v) is 10.6. The van der Waals surface area contributed by atoms with Gasteiger partial charge in [0.2, 0.25) is 0 Å². The molecule has 2 aromatic rings. The van der Waals surface area contributed by atoms with Crippen LogP contribution in [0.15, 0.2) is 65.7 Å². The van der Waals surface area contributed by atoms with Gasteiger partial charge in [-0.15, -0.1) is 0 Å². The predicted molar refractivity (Wildman–Crippen MR) is 133 cm³/mol. The quantitative estimate of drug-likeness (QED) is 0.577. The lowest BCUT2D eigenvalue weighted by Crippen LogP contribution is -2.59. The maximum Gasteiger partial charge on any atom is 0.184 e. The van der Waals surface area contributed by atoms with Gasteiger partial charge in [0.05, 0.1) is 0 Å².